The molecule has 6 rings (SSSR count). The van der Waals surface area contributed by atoms with E-state index in [0.717, 1.165) is 44.4 Å². The number of pyridine rings is 2. The Hall–Kier alpha value is -1.64. The molecule has 158 valence electrons. The van der Waals surface area contributed by atoms with E-state index in [1.165, 1.54) is 16.0 Å². The lowest BCUT2D eigenvalue weighted by Crippen LogP contribution is -1.98. The van der Waals surface area contributed by atoms with Crippen LogP contribution < -0.4 is 9.47 Å². The van der Waals surface area contributed by atoms with Crippen molar-refractivity contribution in [3.05, 3.63) is 67.0 Å². The highest BCUT2D eigenvalue weighted by Crippen LogP contribution is 2.41. The molecule has 0 radical (unpaired) electrons. The van der Waals surface area contributed by atoms with Crippen molar-refractivity contribution in [1.82, 2.24) is 9.97 Å². The first kappa shape index (κ1) is 21.2. The van der Waals surface area contributed by atoms with Gasteiger partial charge in [0.1, 0.15) is 33.2 Å². The molecule has 0 spiro atoms. The summed E-state index contributed by atoms with van der Waals surface area (Å²) in [6, 6.07) is 11.5. The van der Waals surface area contributed by atoms with E-state index in [9.17, 15) is 0 Å². The molecular weight excluding hydrogens is 539 g/mol. The summed E-state index contributed by atoms with van der Waals surface area (Å²) < 4.78 is 12.4. The number of hydrogen-bond acceptors (Lipinski definition) is 6. The maximum atomic E-state index is 5.93. The summed E-state index contributed by atoms with van der Waals surface area (Å²) in [5.74, 6) is 1.65. The highest BCUT2D eigenvalue weighted by Gasteiger charge is 2.20. The third kappa shape index (κ3) is 4.47. The van der Waals surface area contributed by atoms with E-state index in [4.69, 9.17) is 32.7 Å². The van der Waals surface area contributed by atoms with Crippen molar-refractivity contribution in [2.45, 2.75) is 12.8 Å². The van der Waals surface area contributed by atoms with Gasteiger partial charge in [-0.05, 0) is 68.8 Å². The molecule has 2 aliphatic rings. The average Bonchev–Trinajstić information content (AvgIpc) is 3.28. The van der Waals surface area contributed by atoms with Crippen molar-refractivity contribution < 1.29 is 9.47 Å². The van der Waals surface area contributed by atoms with Crippen molar-refractivity contribution >= 4 is 61.8 Å². The van der Waals surface area contributed by atoms with Gasteiger partial charge >= 0.3 is 0 Å². The third-order valence-corrected chi connectivity index (χ3v) is 7.93. The number of aromatic nitrogens is 2. The van der Waals surface area contributed by atoms with Gasteiger partial charge in [-0.2, -0.15) is 0 Å². The van der Waals surface area contributed by atoms with E-state index in [0.29, 0.717) is 23.5 Å². The molecule has 0 bridgehead atoms. The number of hydrogen-bond donors (Lipinski definition) is 0. The van der Waals surface area contributed by atoms with E-state index >= 15 is 0 Å². The van der Waals surface area contributed by atoms with Crippen molar-refractivity contribution in [3.8, 4) is 32.6 Å². The minimum atomic E-state index is 0.500. The summed E-state index contributed by atoms with van der Waals surface area (Å²) in [5, 5.41) is 3.10. The molecule has 0 aliphatic carbocycles. The second-order valence-electron chi connectivity index (χ2n) is 6.84. The van der Waals surface area contributed by atoms with Crippen LogP contribution in [-0.4, -0.2) is 23.2 Å². The first-order valence-corrected chi connectivity index (χ1v) is 12.8. The molecule has 0 unspecified atom stereocenters. The summed E-state index contributed by atoms with van der Waals surface area (Å²) >= 11 is 18.7. The Labute approximate surface area is 205 Å². The maximum absolute atomic E-state index is 5.93. The molecule has 9 heteroatoms. The van der Waals surface area contributed by atoms with Gasteiger partial charge in [0.2, 0.25) is 0 Å². The predicted molar refractivity (Wildman–Crippen MR) is 131 cm³/mol. The number of rotatable bonds is 0. The molecule has 0 N–H and O–H groups in total. The molecule has 0 fully saturated rings. The van der Waals surface area contributed by atoms with Gasteiger partial charge in [0, 0.05) is 12.8 Å². The predicted octanol–water partition coefficient (Wildman–Crippen LogP) is 7.56. The summed E-state index contributed by atoms with van der Waals surface area (Å²) in [4.78, 5) is 11.0. The van der Waals surface area contributed by atoms with E-state index in [-0.39, 0.29) is 0 Å². The van der Waals surface area contributed by atoms with Crippen LogP contribution >= 0.6 is 61.8 Å². The molecule has 0 amide bonds. The van der Waals surface area contributed by atoms with Gasteiger partial charge in [0.15, 0.2) is 0 Å². The highest BCUT2D eigenvalue weighted by atomic mass is 79.9. The van der Waals surface area contributed by atoms with Gasteiger partial charge in [-0.25, -0.2) is 9.97 Å². The van der Waals surface area contributed by atoms with E-state index in [1.807, 2.05) is 12.1 Å². The molecule has 0 saturated carbocycles. The van der Waals surface area contributed by atoms with Gasteiger partial charge in [-0.3, -0.25) is 0 Å². The SMILES string of the molecule is Clc1ccc2c(n1)-c1sc(Br)cc1CCO2.Clc1ccc2c(n1)-c1sccc1CCO2. The van der Waals surface area contributed by atoms with Crippen LogP contribution in [0.3, 0.4) is 0 Å². The Morgan fingerprint density at radius 3 is 2.10 bits per heavy atom. The third-order valence-electron chi connectivity index (χ3n) is 4.86. The van der Waals surface area contributed by atoms with Crippen molar-refractivity contribution in [2.24, 2.45) is 0 Å². The highest BCUT2D eigenvalue weighted by molar-refractivity contribution is 9.11. The Bertz CT molecular complexity index is 1260. The minimum Gasteiger partial charge on any atom is -0.491 e. The van der Waals surface area contributed by atoms with Gasteiger partial charge in [0.05, 0.1) is 26.8 Å². The molecule has 4 aromatic heterocycles. The lowest BCUT2D eigenvalue weighted by molar-refractivity contribution is 0.325. The normalized spacial score (nSPS) is 13.6. The fourth-order valence-electron chi connectivity index (χ4n) is 3.47. The molecule has 4 aromatic rings. The van der Waals surface area contributed by atoms with E-state index < -0.39 is 0 Å². The fraction of sp³-hybridized carbons (Fsp3) is 0.182. The van der Waals surface area contributed by atoms with Gasteiger partial charge < -0.3 is 9.47 Å². The van der Waals surface area contributed by atoms with Gasteiger partial charge in [-0.1, -0.05) is 23.2 Å². The van der Waals surface area contributed by atoms with Gasteiger partial charge in [0.25, 0.3) is 0 Å². The largest absolute Gasteiger partial charge is 0.491 e. The second-order valence-corrected chi connectivity index (χ2v) is 11.0. The van der Waals surface area contributed by atoms with Crippen LogP contribution in [0.1, 0.15) is 11.1 Å². The lowest BCUT2D eigenvalue weighted by atomic mass is 10.1. The topological polar surface area (TPSA) is 44.2 Å². The van der Waals surface area contributed by atoms with Crippen LogP contribution in [0.5, 0.6) is 11.5 Å². The van der Waals surface area contributed by atoms with Crippen molar-refractivity contribution in [2.75, 3.05) is 13.2 Å². The zero-order valence-corrected chi connectivity index (χ0v) is 20.8. The van der Waals surface area contributed by atoms with Crippen LogP contribution in [0.4, 0.5) is 0 Å². The van der Waals surface area contributed by atoms with Crippen molar-refractivity contribution in [3.63, 3.8) is 0 Å². The zero-order valence-electron chi connectivity index (χ0n) is 16.0. The zero-order chi connectivity index (χ0) is 21.4. The Morgan fingerprint density at radius 1 is 0.806 bits per heavy atom. The standard InChI is InChI=1S/C11H7BrClNOS.C11H8ClNOS/c12-8-5-6-3-4-15-7-1-2-9(13)14-10(7)11(6)16-8;12-9-2-1-8-10(13-9)11-7(3-5-14-8)4-6-15-11/h1-2,5H,3-4H2;1-2,4,6H,3,5H2. The first-order valence-electron chi connectivity index (χ1n) is 9.52. The number of thiophene rings is 2. The van der Waals surface area contributed by atoms with Crippen LogP contribution in [0.2, 0.25) is 10.3 Å². The molecule has 31 heavy (non-hydrogen) atoms. The minimum absolute atomic E-state index is 0.500. The smallest absolute Gasteiger partial charge is 0.146 e. The monoisotopic (exact) mass is 552 g/mol. The van der Waals surface area contributed by atoms with Crippen LogP contribution in [0.25, 0.3) is 21.1 Å². The summed E-state index contributed by atoms with van der Waals surface area (Å²) in [7, 11) is 0. The molecule has 2 aliphatic heterocycles. The van der Waals surface area contributed by atoms with E-state index in [2.05, 4.69) is 43.4 Å². The first-order chi connectivity index (χ1) is 15.1. The number of fused-ring (bicyclic) bond motifs is 6. The van der Waals surface area contributed by atoms with Gasteiger partial charge in [-0.15, -0.1) is 22.7 Å². The molecule has 0 saturated heterocycles. The second kappa shape index (κ2) is 9.08. The molecular formula is C22H15BrCl2N2O2S2. The summed E-state index contributed by atoms with van der Waals surface area (Å²) in [6.45, 7) is 1.40. The average molecular weight is 554 g/mol. The summed E-state index contributed by atoms with van der Waals surface area (Å²) in [6.07, 6.45) is 1.85. The molecule has 0 atom stereocenters. The maximum Gasteiger partial charge on any atom is 0.146 e. The number of nitrogens with zero attached hydrogens (tertiary/aromatic N) is 2. The Balaban J connectivity index is 0.000000132. The quantitative estimate of drug-likeness (QED) is 0.211. The lowest BCUT2D eigenvalue weighted by Gasteiger charge is -2.05. The molecule has 0 aromatic carbocycles. The van der Waals surface area contributed by atoms with E-state index in [1.54, 1.807) is 34.8 Å². The molecule has 4 nitrogen and oxygen atoms in total. The molecule has 6 heterocycles. The Morgan fingerprint density at radius 2 is 1.42 bits per heavy atom. The fourth-order valence-corrected chi connectivity index (χ4v) is 6.40. The summed E-state index contributed by atoms with van der Waals surface area (Å²) in [5.41, 5.74) is 4.31. The van der Waals surface area contributed by atoms with Crippen LogP contribution in [0, 0.1) is 0 Å². The Kier molecular flexibility index (Phi) is 6.21. The number of ether oxygens (including phenoxy) is 2. The number of halogens is 3. The van der Waals surface area contributed by atoms with Crippen molar-refractivity contribution in [1.29, 1.82) is 0 Å². The van der Waals surface area contributed by atoms with Crippen LogP contribution in [-0.2, 0) is 12.8 Å². The van der Waals surface area contributed by atoms with Crippen LogP contribution in [0.15, 0.2) is 45.6 Å².